The Balaban J connectivity index is 2.65. The summed E-state index contributed by atoms with van der Waals surface area (Å²) in [7, 11) is 1.84. The molecule has 0 amide bonds. The topological polar surface area (TPSA) is 63.9 Å². The summed E-state index contributed by atoms with van der Waals surface area (Å²) in [5.41, 5.74) is 0. The quantitative estimate of drug-likeness (QED) is 0.461. The van der Waals surface area contributed by atoms with Crippen LogP contribution in [0.15, 0.2) is 0 Å². The summed E-state index contributed by atoms with van der Waals surface area (Å²) in [6.45, 7) is 2.49. The zero-order chi connectivity index (χ0) is 9.30. The molecule has 3 N–H and O–H groups in total. The normalized spacial score (nSPS) is 44.8. The van der Waals surface area contributed by atoms with Crippen molar-refractivity contribution in [1.82, 2.24) is 4.90 Å². The second-order valence-corrected chi connectivity index (χ2v) is 3.65. The van der Waals surface area contributed by atoms with E-state index in [4.69, 9.17) is 5.11 Å². The van der Waals surface area contributed by atoms with E-state index in [0.717, 1.165) is 0 Å². The molecule has 1 saturated heterocycles. The molecule has 0 radical (unpaired) electrons. The van der Waals surface area contributed by atoms with E-state index >= 15 is 0 Å². The van der Waals surface area contributed by atoms with Crippen LogP contribution in [0.25, 0.3) is 0 Å². The van der Waals surface area contributed by atoms with Crippen molar-refractivity contribution in [3.05, 3.63) is 0 Å². The van der Waals surface area contributed by atoms with Gasteiger partial charge in [-0.15, -0.1) is 0 Å². The summed E-state index contributed by atoms with van der Waals surface area (Å²) in [4.78, 5) is 1.88. The molecule has 1 rings (SSSR count). The fourth-order valence-electron chi connectivity index (χ4n) is 1.77. The SMILES string of the molecule is C[C@H]1CN(C)[C@H](CO)[C@H](O)[C@@H]1O. The van der Waals surface area contributed by atoms with E-state index in [9.17, 15) is 10.2 Å². The highest BCUT2D eigenvalue weighted by molar-refractivity contribution is 4.90. The number of nitrogens with zero attached hydrogens (tertiary/aromatic N) is 1. The summed E-state index contributed by atoms with van der Waals surface area (Å²) in [5.74, 6) is 0.0628. The van der Waals surface area contributed by atoms with Crippen LogP contribution < -0.4 is 0 Å². The molecule has 1 fully saturated rings. The van der Waals surface area contributed by atoms with E-state index in [0.29, 0.717) is 6.54 Å². The molecule has 0 bridgehead atoms. The summed E-state index contributed by atoms with van der Waals surface area (Å²) in [5, 5.41) is 27.9. The van der Waals surface area contributed by atoms with Gasteiger partial charge in [-0.3, -0.25) is 4.90 Å². The van der Waals surface area contributed by atoms with Crippen LogP contribution in [0.5, 0.6) is 0 Å². The van der Waals surface area contributed by atoms with E-state index < -0.39 is 12.2 Å². The number of likely N-dealkylation sites (N-methyl/N-ethyl adjacent to an activating group) is 1. The van der Waals surface area contributed by atoms with Crippen molar-refractivity contribution in [1.29, 1.82) is 0 Å². The van der Waals surface area contributed by atoms with Crippen molar-refractivity contribution in [3.63, 3.8) is 0 Å². The highest BCUT2D eigenvalue weighted by Gasteiger charge is 2.37. The average Bonchev–Trinajstić information content (AvgIpc) is 2.01. The Morgan fingerprint density at radius 2 is 1.92 bits per heavy atom. The van der Waals surface area contributed by atoms with Gasteiger partial charge in [0, 0.05) is 6.54 Å². The lowest BCUT2D eigenvalue weighted by Crippen LogP contribution is -2.58. The zero-order valence-corrected chi connectivity index (χ0v) is 7.51. The molecule has 12 heavy (non-hydrogen) atoms. The average molecular weight is 175 g/mol. The maximum absolute atomic E-state index is 9.53. The molecule has 1 aliphatic heterocycles. The van der Waals surface area contributed by atoms with Crippen molar-refractivity contribution >= 4 is 0 Å². The van der Waals surface area contributed by atoms with Gasteiger partial charge in [0.15, 0.2) is 0 Å². The maximum atomic E-state index is 9.53. The predicted octanol–water partition coefficient (Wildman–Crippen LogP) is -1.35. The van der Waals surface area contributed by atoms with Gasteiger partial charge in [-0.1, -0.05) is 6.92 Å². The minimum Gasteiger partial charge on any atom is -0.395 e. The van der Waals surface area contributed by atoms with Crippen LogP contribution in [0.4, 0.5) is 0 Å². The Labute approximate surface area is 72.4 Å². The van der Waals surface area contributed by atoms with Crippen molar-refractivity contribution in [3.8, 4) is 0 Å². The number of likely N-dealkylation sites (tertiary alicyclic amines) is 1. The second-order valence-electron chi connectivity index (χ2n) is 3.65. The number of piperidine rings is 1. The molecule has 72 valence electrons. The molecule has 4 atom stereocenters. The van der Waals surface area contributed by atoms with Gasteiger partial charge in [-0.2, -0.15) is 0 Å². The highest BCUT2D eigenvalue weighted by atomic mass is 16.3. The lowest BCUT2D eigenvalue weighted by atomic mass is 9.89. The third-order valence-corrected chi connectivity index (χ3v) is 2.66. The number of aliphatic hydroxyl groups is 3. The number of hydrogen-bond acceptors (Lipinski definition) is 4. The molecule has 1 heterocycles. The first kappa shape index (κ1) is 9.92. The number of hydrogen-bond donors (Lipinski definition) is 3. The van der Waals surface area contributed by atoms with Crippen molar-refractivity contribution in [2.75, 3.05) is 20.2 Å². The third kappa shape index (κ3) is 1.61. The fraction of sp³-hybridized carbons (Fsp3) is 1.00. The maximum Gasteiger partial charge on any atom is 0.0979 e. The van der Waals surface area contributed by atoms with Gasteiger partial charge in [0.1, 0.15) is 0 Å². The van der Waals surface area contributed by atoms with Crippen LogP contribution >= 0.6 is 0 Å². The summed E-state index contributed by atoms with van der Waals surface area (Å²) >= 11 is 0. The largest absolute Gasteiger partial charge is 0.395 e. The minimum atomic E-state index is -0.830. The predicted molar refractivity (Wildman–Crippen MR) is 44.7 cm³/mol. The first-order valence-corrected chi connectivity index (χ1v) is 4.25. The van der Waals surface area contributed by atoms with Crippen LogP contribution in [-0.2, 0) is 0 Å². The smallest absolute Gasteiger partial charge is 0.0979 e. The third-order valence-electron chi connectivity index (χ3n) is 2.66. The Morgan fingerprint density at radius 3 is 2.42 bits per heavy atom. The van der Waals surface area contributed by atoms with Gasteiger partial charge in [0.25, 0.3) is 0 Å². The van der Waals surface area contributed by atoms with E-state index in [-0.39, 0.29) is 18.6 Å². The molecule has 0 aromatic heterocycles. The summed E-state index contributed by atoms with van der Waals surface area (Å²) < 4.78 is 0. The van der Waals surface area contributed by atoms with Crippen molar-refractivity contribution < 1.29 is 15.3 Å². The van der Waals surface area contributed by atoms with Crippen molar-refractivity contribution in [2.45, 2.75) is 25.2 Å². The van der Waals surface area contributed by atoms with Gasteiger partial charge in [-0.05, 0) is 13.0 Å². The minimum absolute atomic E-state index is 0.0628. The molecular formula is C8H17NO3. The van der Waals surface area contributed by atoms with Gasteiger partial charge in [-0.25, -0.2) is 0 Å². The molecule has 4 nitrogen and oxygen atoms in total. The first-order valence-electron chi connectivity index (χ1n) is 4.25. The van der Waals surface area contributed by atoms with Crippen LogP contribution in [0.1, 0.15) is 6.92 Å². The lowest BCUT2D eigenvalue weighted by molar-refractivity contribution is -0.107. The molecule has 0 aliphatic carbocycles. The molecule has 0 aromatic carbocycles. The molecule has 1 aliphatic rings. The van der Waals surface area contributed by atoms with Crippen LogP contribution in [0, 0.1) is 5.92 Å². The Bertz CT molecular complexity index is 153. The standard InChI is InChI=1S/C8H17NO3/c1-5-3-9(2)6(4-10)8(12)7(5)11/h5-8,10-12H,3-4H2,1-2H3/t5-,6+,7+,8-/m0/s1. The fourth-order valence-corrected chi connectivity index (χ4v) is 1.77. The molecule has 0 spiro atoms. The van der Waals surface area contributed by atoms with E-state index in [2.05, 4.69) is 0 Å². The molecular weight excluding hydrogens is 158 g/mol. The number of aliphatic hydroxyl groups excluding tert-OH is 3. The molecule has 0 aromatic rings. The van der Waals surface area contributed by atoms with Gasteiger partial charge < -0.3 is 15.3 Å². The molecule has 0 unspecified atom stereocenters. The summed E-state index contributed by atoms with van der Waals surface area (Å²) in [6.07, 6.45) is -1.54. The monoisotopic (exact) mass is 175 g/mol. The van der Waals surface area contributed by atoms with E-state index in [1.165, 1.54) is 0 Å². The van der Waals surface area contributed by atoms with Crippen LogP contribution in [0.3, 0.4) is 0 Å². The molecule has 0 saturated carbocycles. The second kappa shape index (κ2) is 3.70. The van der Waals surface area contributed by atoms with Crippen LogP contribution in [0.2, 0.25) is 0 Å². The zero-order valence-electron chi connectivity index (χ0n) is 7.51. The van der Waals surface area contributed by atoms with Gasteiger partial charge >= 0.3 is 0 Å². The lowest BCUT2D eigenvalue weighted by Gasteiger charge is -2.41. The first-order chi connectivity index (χ1) is 5.57. The Kier molecular flexibility index (Phi) is 3.06. The van der Waals surface area contributed by atoms with E-state index in [1.54, 1.807) is 0 Å². The van der Waals surface area contributed by atoms with Gasteiger partial charge in [0.05, 0.1) is 24.9 Å². The van der Waals surface area contributed by atoms with Crippen molar-refractivity contribution in [2.24, 2.45) is 5.92 Å². The summed E-state index contributed by atoms with van der Waals surface area (Å²) in [6, 6.07) is -0.323. The van der Waals surface area contributed by atoms with Gasteiger partial charge in [0.2, 0.25) is 0 Å². The Hall–Kier alpha value is -0.160. The number of rotatable bonds is 1. The van der Waals surface area contributed by atoms with Crippen LogP contribution in [-0.4, -0.2) is 58.7 Å². The molecule has 4 heteroatoms. The van der Waals surface area contributed by atoms with E-state index in [1.807, 2.05) is 18.9 Å². The Morgan fingerprint density at radius 1 is 1.33 bits per heavy atom. The highest BCUT2D eigenvalue weighted by Crippen LogP contribution is 2.20.